The number of Topliss-reactive ketones (excluding diaryl/α,β-unsaturated/α-hetero) is 1. The van der Waals surface area contributed by atoms with Gasteiger partial charge in [0.15, 0.2) is 0 Å². The maximum absolute atomic E-state index is 11.0. The summed E-state index contributed by atoms with van der Waals surface area (Å²) in [6.07, 6.45) is -0.0921. The van der Waals surface area contributed by atoms with Gasteiger partial charge in [-0.05, 0) is 38.5 Å². The topological polar surface area (TPSA) is 63.6 Å². The lowest BCUT2D eigenvalue weighted by atomic mass is 10.1. The predicted molar refractivity (Wildman–Crippen MR) is 63.2 cm³/mol. The summed E-state index contributed by atoms with van der Waals surface area (Å²) in [5.41, 5.74) is 0.386. The van der Waals surface area contributed by atoms with E-state index in [-0.39, 0.29) is 12.0 Å². The van der Waals surface area contributed by atoms with Crippen molar-refractivity contribution < 1.29 is 19.4 Å². The number of hydrogen-bond acceptors (Lipinski definition) is 3. The van der Waals surface area contributed by atoms with E-state index in [9.17, 15) is 9.59 Å². The fourth-order valence-electron chi connectivity index (χ4n) is 1.29. The Hall–Kier alpha value is -1.84. The first-order valence-corrected chi connectivity index (χ1v) is 5.32. The van der Waals surface area contributed by atoms with Crippen LogP contribution in [-0.2, 0) is 16.0 Å². The first-order chi connectivity index (χ1) is 7.78. The largest absolute Gasteiger partial charge is 0.488 e. The standard InChI is InChI=1S/C13H16O4/c1-13(2,3)17-10-6-4-9(5-7-10)8-11(14)12(15)16/h4-7H,8H2,1-3H3,(H,15,16). The van der Waals surface area contributed by atoms with Gasteiger partial charge in [-0.25, -0.2) is 4.79 Å². The molecule has 0 heterocycles. The maximum Gasteiger partial charge on any atom is 0.372 e. The van der Waals surface area contributed by atoms with Crippen LogP contribution in [0.15, 0.2) is 24.3 Å². The van der Waals surface area contributed by atoms with Crippen LogP contribution in [0.1, 0.15) is 26.3 Å². The van der Waals surface area contributed by atoms with Crippen molar-refractivity contribution in [3.05, 3.63) is 29.8 Å². The van der Waals surface area contributed by atoms with Crippen LogP contribution >= 0.6 is 0 Å². The third-order valence-corrected chi connectivity index (χ3v) is 1.95. The first kappa shape index (κ1) is 13.2. The molecular weight excluding hydrogens is 220 g/mol. The molecule has 0 amide bonds. The van der Waals surface area contributed by atoms with Crippen LogP contribution in [0.4, 0.5) is 0 Å². The summed E-state index contributed by atoms with van der Waals surface area (Å²) in [6.45, 7) is 5.82. The number of carboxylic acids is 1. The number of carboxylic acid groups (broad SMARTS) is 1. The molecule has 0 aliphatic heterocycles. The minimum absolute atomic E-state index is 0.0921. The van der Waals surface area contributed by atoms with Crippen LogP contribution in [-0.4, -0.2) is 22.5 Å². The SMILES string of the molecule is CC(C)(C)Oc1ccc(CC(=O)C(=O)O)cc1. The Morgan fingerprint density at radius 3 is 2.12 bits per heavy atom. The van der Waals surface area contributed by atoms with E-state index in [1.54, 1.807) is 24.3 Å². The van der Waals surface area contributed by atoms with E-state index in [0.29, 0.717) is 11.3 Å². The molecule has 1 rings (SSSR count). The summed E-state index contributed by atoms with van der Waals surface area (Å²) in [6, 6.07) is 6.86. The molecule has 4 heteroatoms. The molecule has 0 unspecified atom stereocenters. The van der Waals surface area contributed by atoms with Crippen LogP contribution in [0.25, 0.3) is 0 Å². The number of rotatable bonds is 4. The summed E-state index contributed by atoms with van der Waals surface area (Å²) in [4.78, 5) is 21.4. The molecule has 0 atom stereocenters. The summed E-state index contributed by atoms with van der Waals surface area (Å²) >= 11 is 0. The predicted octanol–water partition coefficient (Wildman–Crippen LogP) is 2.06. The number of carbonyl (C=O) groups is 2. The normalized spacial score (nSPS) is 11.0. The fourth-order valence-corrected chi connectivity index (χ4v) is 1.29. The Morgan fingerprint density at radius 2 is 1.71 bits per heavy atom. The van der Waals surface area contributed by atoms with E-state index < -0.39 is 11.8 Å². The van der Waals surface area contributed by atoms with Gasteiger partial charge in [-0.1, -0.05) is 12.1 Å². The molecule has 0 aromatic heterocycles. The van der Waals surface area contributed by atoms with Gasteiger partial charge < -0.3 is 9.84 Å². The molecular formula is C13H16O4. The van der Waals surface area contributed by atoms with Crippen LogP contribution in [0, 0.1) is 0 Å². The first-order valence-electron chi connectivity index (χ1n) is 5.32. The molecule has 17 heavy (non-hydrogen) atoms. The molecule has 0 fully saturated rings. The molecule has 1 aromatic carbocycles. The van der Waals surface area contributed by atoms with Crippen molar-refractivity contribution >= 4 is 11.8 Å². The van der Waals surface area contributed by atoms with E-state index >= 15 is 0 Å². The zero-order valence-corrected chi connectivity index (χ0v) is 10.2. The average molecular weight is 236 g/mol. The third kappa shape index (κ3) is 4.68. The third-order valence-electron chi connectivity index (χ3n) is 1.95. The highest BCUT2D eigenvalue weighted by molar-refractivity contribution is 6.33. The van der Waals surface area contributed by atoms with Crippen molar-refractivity contribution in [3.8, 4) is 5.75 Å². The zero-order valence-electron chi connectivity index (χ0n) is 10.2. The molecule has 92 valence electrons. The van der Waals surface area contributed by atoms with Gasteiger partial charge in [-0.2, -0.15) is 0 Å². The highest BCUT2D eigenvalue weighted by Gasteiger charge is 2.13. The molecule has 0 saturated carbocycles. The molecule has 0 radical (unpaired) electrons. The van der Waals surface area contributed by atoms with E-state index in [2.05, 4.69) is 0 Å². The van der Waals surface area contributed by atoms with Gasteiger partial charge in [0.05, 0.1) is 0 Å². The minimum Gasteiger partial charge on any atom is -0.488 e. The maximum atomic E-state index is 11.0. The molecule has 0 aliphatic rings. The minimum atomic E-state index is -1.40. The number of benzene rings is 1. The second-order valence-corrected chi connectivity index (χ2v) is 4.76. The monoisotopic (exact) mass is 236 g/mol. The molecule has 0 aliphatic carbocycles. The number of carbonyl (C=O) groups excluding carboxylic acids is 1. The van der Waals surface area contributed by atoms with Gasteiger partial charge in [0.1, 0.15) is 11.4 Å². The summed E-state index contributed by atoms with van der Waals surface area (Å²) in [5, 5.41) is 8.48. The highest BCUT2D eigenvalue weighted by Crippen LogP contribution is 2.18. The van der Waals surface area contributed by atoms with Crippen molar-refractivity contribution in [2.75, 3.05) is 0 Å². The van der Waals surface area contributed by atoms with Gasteiger partial charge in [-0.3, -0.25) is 4.79 Å². The van der Waals surface area contributed by atoms with Crippen molar-refractivity contribution in [1.82, 2.24) is 0 Å². The molecule has 0 saturated heterocycles. The molecule has 0 bridgehead atoms. The van der Waals surface area contributed by atoms with Crippen molar-refractivity contribution in [3.63, 3.8) is 0 Å². The summed E-state index contributed by atoms with van der Waals surface area (Å²) in [5.74, 6) is -1.52. The number of ketones is 1. The van der Waals surface area contributed by atoms with Gasteiger partial charge in [0.2, 0.25) is 5.78 Å². The van der Waals surface area contributed by atoms with Gasteiger partial charge >= 0.3 is 5.97 Å². The summed E-state index contributed by atoms with van der Waals surface area (Å²) < 4.78 is 5.61. The number of aliphatic carboxylic acids is 1. The quantitative estimate of drug-likeness (QED) is 0.813. The molecule has 1 aromatic rings. The van der Waals surface area contributed by atoms with Crippen molar-refractivity contribution in [2.24, 2.45) is 0 Å². The average Bonchev–Trinajstić information content (AvgIpc) is 2.18. The Bertz CT molecular complexity index is 412. The van der Waals surface area contributed by atoms with Crippen LogP contribution in [0.5, 0.6) is 5.75 Å². The molecule has 1 N–H and O–H groups in total. The Labute approximate surface area is 100 Å². The second kappa shape index (κ2) is 4.99. The van der Waals surface area contributed by atoms with E-state index in [4.69, 9.17) is 9.84 Å². The van der Waals surface area contributed by atoms with Gasteiger partial charge in [0, 0.05) is 6.42 Å². The van der Waals surface area contributed by atoms with Gasteiger partial charge in [-0.15, -0.1) is 0 Å². The smallest absolute Gasteiger partial charge is 0.372 e. The number of hydrogen-bond donors (Lipinski definition) is 1. The zero-order chi connectivity index (χ0) is 13.1. The Morgan fingerprint density at radius 1 is 1.18 bits per heavy atom. The Kier molecular flexibility index (Phi) is 3.89. The number of ether oxygens (including phenoxy) is 1. The van der Waals surface area contributed by atoms with Crippen molar-refractivity contribution in [2.45, 2.75) is 32.8 Å². The molecule has 4 nitrogen and oxygen atoms in total. The van der Waals surface area contributed by atoms with Crippen molar-refractivity contribution in [1.29, 1.82) is 0 Å². The summed E-state index contributed by atoms with van der Waals surface area (Å²) in [7, 11) is 0. The lowest BCUT2D eigenvalue weighted by Crippen LogP contribution is -2.22. The second-order valence-electron chi connectivity index (χ2n) is 4.76. The van der Waals surface area contributed by atoms with Crippen LogP contribution in [0.2, 0.25) is 0 Å². The van der Waals surface area contributed by atoms with Crippen LogP contribution in [0.3, 0.4) is 0 Å². The molecule has 0 spiro atoms. The van der Waals surface area contributed by atoms with Crippen LogP contribution < -0.4 is 4.74 Å². The lowest BCUT2D eigenvalue weighted by molar-refractivity contribution is -0.148. The fraction of sp³-hybridized carbons (Fsp3) is 0.385. The lowest BCUT2D eigenvalue weighted by Gasteiger charge is -2.21. The Balaban J connectivity index is 2.68. The van der Waals surface area contributed by atoms with Gasteiger partial charge in [0.25, 0.3) is 0 Å². The highest BCUT2D eigenvalue weighted by atomic mass is 16.5. The van der Waals surface area contributed by atoms with E-state index in [1.165, 1.54) is 0 Å². The van der Waals surface area contributed by atoms with E-state index in [1.807, 2.05) is 20.8 Å². The van der Waals surface area contributed by atoms with E-state index in [0.717, 1.165) is 0 Å².